The first-order valence-corrected chi connectivity index (χ1v) is 5.22. The molecule has 6 heteroatoms. The van der Waals surface area contributed by atoms with Gasteiger partial charge in [-0.3, -0.25) is 4.79 Å². The van der Waals surface area contributed by atoms with Gasteiger partial charge in [-0.1, -0.05) is 0 Å². The normalized spacial score (nSPS) is 27.8. The fraction of sp³-hybridized carbons (Fsp3) is 0.900. The van der Waals surface area contributed by atoms with Crippen LogP contribution in [0.1, 0.15) is 33.1 Å². The fourth-order valence-electron chi connectivity index (χ4n) is 1.91. The minimum Gasteiger partial charge on any atom is -0.481 e. The molecular formula is C10H16F3NO2. The zero-order valence-electron chi connectivity index (χ0n) is 9.27. The molecule has 0 aromatic heterocycles. The van der Waals surface area contributed by atoms with E-state index in [9.17, 15) is 18.0 Å². The van der Waals surface area contributed by atoms with E-state index in [-0.39, 0.29) is 6.42 Å². The topological polar surface area (TPSA) is 49.3 Å². The van der Waals surface area contributed by atoms with Crippen LogP contribution in [-0.2, 0) is 4.79 Å². The van der Waals surface area contributed by atoms with Crippen LogP contribution in [0, 0.1) is 5.41 Å². The summed E-state index contributed by atoms with van der Waals surface area (Å²) in [5.41, 5.74) is -1.18. The van der Waals surface area contributed by atoms with Gasteiger partial charge in [0, 0.05) is 6.04 Å². The van der Waals surface area contributed by atoms with Gasteiger partial charge in [-0.2, -0.15) is 13.2 Å². The van der Waals surface area contributed by atoms with Crippen molar-refractivity contribution in [3.8, 4) is 0 Å². The van der Waals surface area contributed by atoms with Gasteiger partial charge < -0.3 is 10.4 Å². The molecular weight excluding hydrogens is 223 g/mol. The molecule has 0 saturated carbocycles. The van der Waals surface area contributed by atoms with Crippen molar-refractivity contribution in [1.82, 2.24) is 5.32 Å². The lowest BCUT2D eigenvalue weighted by Gasteiger charge is -2.39. The monoisotopic (exact) mass is 239 g/mol. The first-order valence-electron chi connectivity index (χ1n) is 5.22. The van der Waals surface area contributed by atoms with Crippen LogP contribution in [0.2, 0.25) is 0 Å². The highest BCUT2D eigenvalue weighted by atomic mass is 19.4. The number of hydrogen-bond acceptors (Lipinski definition) is 2. The summed E-state index contributed by atoms with van der Waals surface area (Å²) in [7, 11) is 0. The summed E-state index contributed by atoms with van der Waals surface area (Å²) in [4.78, 5) is 11.0. The summed E-state index contributed by atoms with van der Waals surface area (Å²) in [6.07, 6.45) is -3.41. The second-order valence-electron chi connectivity index (χ2n) is 4.77. The van der Waals surface area contributed by atoms with Crippen LogP contribution in [0.3, 0.4) is 0 Å². The number of rotatable bonds is 2. The van der Waals surface area contributed by atoms with Gasteiger partial charge in [0.25, 0.3) is 0 Å². The van der Waals surface area contributed by atoms with Crippen LogP contribution >= 0.6 is 0 Å². The molecule has 1 aliphatic heterocycles. The quantitative estimate of drug-likeness (QED) is 0.776. The number of halogens is 3. The predicted octanol–water partition coefficient (Wildman–Crippen LogP) is 2.17. The van der Waals surface area contributed by atoms with Crippen molar-refractivity contribution in [2.75, 3.05) is 0 Å². The summed E-state index contributed by atoms with van der Waals surface area (Å²) in [5.74, 6) is -1.08. The van der Waals surface area contributed by atoms with Crippen molar-refractivity contribution in [1.29, 1.82) is 0 Å². The van der Waals surface area contributed by atoms with Crippen LogP contribution in [0.15, 0.2) is 0 Å². The second kappa shape index (κ2) is 4.24. The highest BCUT2D eigenvalue weighted by Gasteiger charge is 2.47. The molecule has 0 amide bonds. The van der Waals surface area contributed by atoms with Crippen LogP contribution in [0.4, 0.5) is 13.2 Å². The fourth-order valence-corrected chi connectivity index (χ4v) is 1.91. The number of carboxylic acids is 1. The van der Waals surface area contributed by atoms with Crippen molar-refractivity contribution in [2.24, 2.45) is 5.41 Å². The number of alkyl halides is 3. The number of nitrogens with one attached hydrogen (secondary N) is 1. The lowest BCUT2D eigenvalue weighted by Crippen LogP contribution is -2.57. The number of piperidine rings is 1. The molecule has 3 nitrogen and oxygen atoms in total. The first kappa shape index (κ1) is 13.3. The minimum atomic E-state index is -4.30. The van der Waals surface area contributed by atoms with E-state index in [4.69, 9.17) is 5.11 Å². The van der Waals surface area contributed by atoms with Crippen molar-refractivity contribution in [3.05, 3.63) is 0 Å². The Bertz CT molecular complexity index is 276. The van der Waals surface area contributed by atoms with Crippen molar-refractivity contribution >= 4 is 5.97 Å². The molecule has 0 radical (unpaired) electrons. The van der Waals surface area contributed by atoms with Crippen LogP contribution in [0.25, 0.3) is 0 Å². The predicted molar refractivity (Wildman–Crippen MR) is 52.0 cm³/mol. The summed E-state index contributed by atoms with van der Waals surface area (Å²) >= 11 is 0. The van der Waals surface area contributed by atoms with Gasteiger partial charge in [0.2, 0.25) is 0 Å². The molecule has 2 atom stereocenters. The Labute approximate surface area is 92.0 Å². The van der Waals surface area contributed by atoms with Gasteiger partial charge in [0.15, 0.2) is 0 Å². The largest absolute Gasteiger partial charge is 0.481 e. The highest BCUT2D eigenvalue weighted by Crippen LogP contribution is 2.33. The van der Waals surface area contributed by atoms with Crippen molar-refractivity contribution < 1.29 is 23.1 Å². The Hall–Kier alpha value is -0.780. The SMILES string of the molecule is CC(C)(C(=O)O)[C@H]1CCC[C@@H](C(F)(F)F)N1. The smallest absolute Gasteiger partial charge is 0.403 e. The Morgan fingerprint density at radius 3 is 2.19 bits per heavy atom. The highest BCUT2D eigenvalue weighted by molar-refractivity contribution is 5.74. The Kier molecular flexibility index (Phi) is 3.52. The van der Waals surface area contributed by atoms with Crippen LogP contribution < -0.4 is 5.32 Å². The molecule has 1 saturated heterocycles. The molecule has 0 aliphatic carbocycles. The van der Waals surface area contributed by atoms with E-state index < -0.39 is 29.6 Å². The maximum absolute atomic E-state index is 12.5. The molecule has 1 rings (SSSR count). The van der Waals surface area contributed by atoms with Crippen molar-refractivity contribution in [2.45, 2.75) is 51.4 Å². The van der Waals surface area contributed by atoms with Gasteiger partial charge in [-0.05, 0) is 33.1 Å². The molecule has 0 unspecified atom stereocenters. The third kappa shape index (κ3) is 2.66. The average molecular weight is 239 g/mol. The maximum Gasteiger partial charge on any atom is 0.403 e. The molecule has 1 fully saturated rings. The van der Waals surface area contributed by atoms with Crippen molar-refractivity contribution in [3.63, 3.8) is 0 Å². The number of carbonyl (C=O) groups is 1. The molecule has 0 aromatic rings. The zero-order valence-corrected chi connectivity index (χ0v) is 9.27. The van der Waals surface area contributed by atoms with E-state index in [0.29, 0.717) is 12.8 Å². The molecule has 1 heterocycles. The number of aliphatic carboxylic acids is 1. The number of hydrogen-bond donors (Lipinski definition) is 2. The van der Waals surface area contributed by atoms with Gasteiger partial charge in [0.05, 0.1) is 5.41 Å². The third-order valence-electron chi connectivity index (χ3n) is 3.21. The Balaban J connectivity index is 2.75. The van der Waals surface area contributed by atoms with Gasteiger partial charge in [-0.25, -0.2) is 0 Å². The van der Waals surface area contributed by atoms with E-state index in [1.807, 2.05) is 0 Å². The minimum absolute atomic E-state index is 0.0235. The molecule has 0 aromatic carbocycles. The summed E-state index contributed by atoms with van der Waals surface area (Å²) in [5, 5.41) is 11.4. The molecule has 2 N–H and O–H groups in total. The molecule has 16 heavy (non-hydrogen) atoms. The van der Waals surface area contributed by atoms with Crippen LogP contribution in [0.5, 0.6) is 0 Å². The lowest BCUT2D eigenvalue weighted by molar-refractivity contribution is -0.170. The summed E-state index contributed by atoms with van der Waals surface area (Å²) in [6, 6.07) is -2.21. The molecule has 0 spiro atoms. The Morgan fingerprint density at radius 1 is 1.25 bits per heavy atom. The molecule has 0 bridgehead atoms. The summed E-state index contributed by atoms with van der Waals surface area (Å²) in [6.45, 7) is 2.90. The van der Waals surface area contributed by atoms with Gasteiger partial charge >= 0.3 is 12.1 Å². The standard InChI is InChI=1S/C10H16F3NO2/c1-9(2,8(15)16)6-4-3-5-7(14-6)10(11,12)13/h6-7,14H,3-5H2,1-2H3,(H,15,16)/t6-,7+/m1/s1. The molecule has 94 valence electrons. The van der Waals surface area contributed by atoms with E-state index in [1.165, 1.54) is 13.8 Å². The van der Waals surface area contributed by atoms with E-state index in [1.54, 1.807) is 0 Å². The van der Waals surface area contributed by atoms with E-state index >= 15 is 0 Å². The summed E-state index contributed by atoms with van der Waals surface area (Å²) < 4.78 is 37.5. The average Bonchev–Trinajstić information content (AvgIpc) is 2.16. The van der Waals surface area contributed by atoms with E-state index in [2.05, 4.69) is 5.32 Å². The zero-order chi connectivity index (χ0) is 12.6. The third-order valence-corrected chi connectivity index (χ3v) is 3.21. The maximum atomic E-state index is 12.5. The lowest BCUT2D eigenvalue weighted by atomic mass is 9.79. The van der Waals surface area contributed by atoms with E-state index in [0.717, 1.165) is 0 Å². The molecule has 1 aliphatic rings. The van der Waals surface area contributed by atoms with Crippen LogP contribution in [-0.4, -0.2) is 29.3 Å². The first-order chi connectivity index (χ1) is 7.15. The second-order valence-corrected chi connectivity index (χ2v) is 4.77. The van der Waals surface area contributed by atoms with Gasteiger partial charge in [-0.15, -0.1) is 0 Å². The van der Waals surface area contributed by atoms with Gasteiger partial charge in [0.1, 0.15) is 6.04 Å². The number of carboxylic acid groups (broad SMARTS) is 1. The Morgan fingerprint density at radius 2 is 1.75 bits per heavy atom.